The minimum Gasteiger partial charge on any atom is -0.336 e. The molecule has 12 heavy (non-hydrogen) atoms. The molecule has 0 aliphatic rings. The molecule has 0 bridgehead atoms. The van der Waals surface area contributed by atoms with Gasteiger partial charge in [0.25, 0.3) is 0 Å². The average molecular weight is 167 g/mol. The number of amides is 1. The zero-order valence-corrected chi connectivity index (χ0v) is 5.97. The molecular weight excluding hydrogens is 163 g/mol. The maximum Gasteiger partial charge on any atom is 0.201 e. The van der Waals surface area contributed by atoms with Crippen LogP contribution in [0, 0.1) is 11.6 Å². The van der Waals surface area contributed by atoms with Gasteiger partial charge in [0.05, 0.1) is 0 Å². The van der Waals surface area contributed by atoms with Crippen molar-refractivity contribution in [3.8, 4) is 0 Å². The molecule has 1 rings (SSSR count). The SMILES string of the molecule is [B]C(=O)Nc1ccc(F)c(F)c1. The third kappa shape index (κ3) is 2.05. The van der Waals surface area contributed by atoms with Gasteiger partial charge in [-0.05, 0) is 12.1 Å². The van der Waals surface area contributed by atoms with E-state index in [4.69, 9.17) is 7.85 Å². The molecule has 2 radical (unpaired) electrons. The topological polar surface area (TPSA) is 29.1 Å². The molecule has 1 aromatic rings. The second-order valence-electron chi connectivity index (χ2n) is 2.12. The summed E-state index contributed by atoms with van der Waals surface area (Å²) in [7, 11) is 4.75. The molecule has 0 saturated carbocycles. The summed E-state index contributed by atoms with van der Waals surface area (Å²) in [5, 5.41) is 2.10. The van der Waals surface area contributed by atoms with E-state index in [0.717, 1.165) is 12.1 Å². The molecule has 1 amide bonds. The van der Waals surface area contributed by atoms with E-state index in [0.29, 0.717) is 0 Å². The molecule has 0 saturated heterocycles. The Kier molecular flexibility index (Phi) is 2.42. The molecule has 0 heterocycles. The lowest BCUT2D eigenvalue weighted by molar-refractivity contribution is 0.269. The van der Waals surface area contributed by atoms with Gasteiger partial charge in [0.15, 0.2) is 17.4 Å². The molecule has 60 valence electrons. The highest BCUT2D eigenvalue weighted by Crippen LogP contribution is 2.12. The molecule has 1 N–H and O–H groups in total. The molecule has 0 atom stereocenters. The second kappa shape index (κ2) is 3.34. The number of nitrogens with one attached hydrogen (secondary N) is 1. The van der Waals surface area contributed by atoms with Crippen LogP contribution < -0.4 is 5.32 Å². The van der Waals surface area contributed by atoms with Crippen molar-refractivity contribution in [1.82, 2.24) is 0 Å². The van der Waals surface area contributed by atoms with E-state index < -0.39 is 17.4 Å². The first-order valence-electron chi connectivity index (χ1n) is 3.11. The molecule has 0 aliphatic heterocycles. The molecule has 1 aromatic carbocycles. The highest BCUT2D eigenvalue weighted by atomic mass is 19.2. The predicted molar refractivity (Wildman–Crippen MR) is 41.1 cm³/mol. The summed E-state index contributed by atoms with van der Waals surface area (Å²) in [5.74, 6) is -2.81. The van der Waals surface area contributed by atoms with Crippen LogP contribution in [-0.2, 0) is 0 Å². The lowest BCUT2D eigenvalue weighted by atomic mass is 10.1. The van der Waals surface area contributed by atoms with Gasteiger partial charge >= 0.3 is 0 Å². The zero-order chi connectivity index (χ0) is 9.14. The monoisotopic (exact) mass is 167 g/mol. The minimum absolute atomic E-state index is 0.126. The summed E-state index contributed by atoms with van der Waals surface area (Å²) in [6.45, 7) is 0. The van der Waals surface area contributed by atoms with Crippen LogP contribution in [0.1, 0.15) is 0 Å². The number of hydrogen-bond donors (Lipinski definition) is 1. The van der Waals surface area contributed by atoms with E-state index in [9.17, 15) is 13.6 Å². The van der Waals surface area contributed by atoms with Crippen LogP contribution in [0.25, 0.3) is 0 Å². The van der Waals surface area contributed by atoms with Crippen molar-refractivity contribution >= 4 is 19.3 Å². The normalized spacial score (nSPS) is 9.50. The van der Waals surface area contributed by atoms with E-state index in [1.807, 2.05) is 0 Å². The van der Waals surface area contributed by atoms with Crippen LogP contribution in [0.2, 0.25) is 0 Å². The van der Waals surface area contributed by atoms with Gasteiger partial charge in [-0.1, -0.05) is 0 Å². The fourth-order valence-corrected chi connectivity index (χ4v) is 0.716. The standard InChI is InChI=1S/C7H4BF2NO/c8-7(12)11-4-1-2-5(9)6(10)3-4/h1-3H,(H,11,12). The summed E-state index contributed by atoms with van der Waals surface area (Å²) >= 11 is 0. The van der Waals surface area contributed by atoms with Gasteiger partial charge < -0.3 is 5.32 Å². The Labute approximate surface area is 69.0 Å². The van der Waals surface area contributed by atoms with Gasteiger partial charge in [-0.25, -0.2) is 8.78 Å². The van der Waals surface area contributed by atoms with Crippen LogP contribution in [0.4, 0.5) is 19.3 Å². The van der Waals surface area contributed by atoms with Crippen molar-refractivity contribution < 1.29 is 13.6 Å². The molecule has 5 heteroatoms. The van der Waals surface area contributed by atoms with Gasteiger partial charge in [-0.3, -0.25) is 4.79 Å². The van der Waals surface area contributed by atoms with Crippen molar-refractivity contribution in [1.29, 1.82) is 0 Å². The number of hydrogen-bond acceptors (Lipinski definition) is 1. The first-order valence-corrected chi connectivity index (χ1v) is 3.11. The van der Waals surface area contributed by atoms with Crippen LogP contribution in [0.3, 0.4) is 0 Å². The number of carbonyl (C=O) groups is 1. The van der Waals surface area contributed by atoms with Gasteiger partial charge in [0.2, 0.25) is 7.85 Å². The Morgan fingerprint density at radius 1 is 1.33 bits per heavy atom. The Morgan fingerprint density at radius 2 is 2.00 bits per heavy atom. The highest BCUT2D eigenvalue weighted by molar-refractivity contribution is 6.60. The fraction of sp³-hybridized carbons (Fsp3) is 0. The summed E-state index contributed by atoms with van der Waals surface area (Å²) < 4.78 is 24.8. The molecule has 0 spiro atoms. The summed E-state index contributed by atoms with van der Waals surface area (Å²) in [6, 6.07) is 2.96. The maximum absolute atomic E-state index is 12.5. The van der Waals surface area contributed by atoms with Crippen molar-refractivity contribution in [2.24, 2.45) is 0 Å². The van der Waals surface area contributed by atoms with Crippen molar-refractivity contribution in [2.45, 2.75) is 0 Å². The molecule has 0 aromatic heterocycles. The fourth-order valence-electron chi connectivity index (χ4n) is 0.716. The van der Waals surface area contributed by atoms with Gasteiger partial charge in [-0.15, -0.1) is 0 Å². The second-order valence-corrected chi connectivity index (χ2v) is 2.12. The first-order chi connectivity index (χ1) is 5.59. The summed E-state index contributed by atoms with van der Waals surface area (Å²) in [6.07, 6.45) is 0. The third-order valence-corrected chi connectivity index (χ3v) is 1.19. The van der Waals surface area contributed by atoms with E-state index in [-0.39, 0.29) is 5.69 Å². The van der Waals surface area contributed by atoms with Crippen molar-refractivity contribution in [3.05, 3.63) is 29.8 Å². The Hall–Kier alpha value is -1.39. The smallest absolute Gasteiger partial charge is 0.201 e. The average Bonchev–Trinajstić information content (AvgIpc) is 1.96. The molecule has 0 aliphatic carbocycles. The maximum atomic E-state index is 12.5. The molecular formula is C7H4BF2NO. The van der Waals surface area contributed by atoms with Crippen LogP contribution in [0.15, 0.2) is 18.2 Å². The Balaban J connectivity index is 2.89. The zero-order valence-electron chi connectivity index (χ0n) is 5.97. The highest BCUT2D eigenvalue weighted by Gasteiger charge is 2.02. The molecule has 0 fully saturated rings. The van der Waals surface area contributed by atoms with Crippen LogP contribution in [-0.4, -0.2) is 13.7 Å². The third-order valence-electron chi connectivity index (χ3n) is 1.19. The lowest BCUT2D eigenvalue weighted by Gasteiger charge is -2.01. The predicted octanol–water partition coefficient (Wildman–Crippen LogP) is 1.67. The number of rotatable bonds is 1. The Morgan fingerprint density at radius 3 is 2.50 bits per heavy atom. The number of halogens is 2. The molecule has 0 unspecified atom stereocenters. The van der Waals surface area contributed by atoms with E-state index in [1.165, 1.54) is 6.07 Å². The number of carbonyl (C=O) groups excluding carboxylic acids is 1. The van der Waals surface area contributed by atoms with E-state index >= 15 is 0 Å². The van der Waals surface area contributed by atoms with Crippen LogP contribution >= 0.6 is 0 Å². The lowest BCUT2D eigenvalue weighted by Crippen LogP contribution is -2.08. The van der Waals surface area contributed by atoms with Gasteiger partial charge in [0.1, 0.15) is 0 Å². The number of anilines is 1. The Bertz CT molecular complexity index is 316. The minimum atomic E-state index is -1.03. The van der Waals surface area contributed by atoms with Crippen LogP contribution in [0.5, 0.6) is 0 Å². The molecule has 2 nitrogen and oxygen atoms in total. The van der Waals surface area contributed by atoms with E-state index in [2.05, 4.69) is 5.32 Å². The van der Waals surface area contributed by atoms with Gasteiger partial charge in [-0.2, -0.15) is 0 Å². The van der Waals surface area contributed by atoms with Gasteiger partial charge in [0, 0.05) is 11.8 Å². The summed E-state index contributed by atoms with van der Waals surface area (Å²) in [4.78, 5) is 10.3. The van der Waals surface area contributed by atoms with Crippen molar-refractivity contribution in [2.75, 3.05) is 5.32 Å². The van der Waals surface area contributed by atoms with E-state index in [1.54, 1.807) is 0 Å². The van der Waals surface area contributed by atoms with Crippen molar-refractivity contribution in [3.63, 3.8) is 0 Å². The summed E-state index contributed by atoms with van der Waals surface area (Å²) in [5.41, 5.74) is 0.126. The first kappa shape index (κ1) is 8.71. The quantitative estimate of drug-likeness (QED) is 0.633. The largest absolute Gasteiger partial charge is 0.336 e. The number of benzene rings is 1.